The molecule has 0 aliphatic heterocycles. The summed E-state index contributed by atoms with van der Waals surface area (Å²) in [6.45, 7) is 7.06. The number of thioether (sulfide) groups is 2. The van der Waals surface area contributed by atoms with Crippen molar-refractivity contribution in [2.75, 3.05) is 0 Å². The highest BCUT2D eigenvalue weighted by Crippen LogP contribution is 2.35. The summed E-state index contributed by atoms with van der Waals surface area (Å²) in [5, 5.41) is 16.8. The summed E-state index contributed by atoms with van der Waals surface area (Å²) in [6, 6.07) is 3.62. The Morgan fingerprint density at radius 3 is 1.69 bits per heavy atom. The summed E-state index contributed by atoms with van der Waals surface area (Å²) in [7, 11) is 0. The van der Waals surface area contributed by atoms with Gasteiger partial charge in [-0.05, 0) is 0 Å². The van der Waals surface area contributed by atoms with Crippen LogP contribution in [-0.2, 0) is 0 Å². The van der Waals surface area contributed by atoms with Crippen LogP contribution in [0.2, 0.25) is 0 Å². The molecular weight excluding hydrogens is 240 g/mol. The van der Waals surface area contributed by atoms with Crippen LogP contribution < -0.4 is 11.5 Å². The molecule has 0 spiro atoms. The molecule has 0 aromatic carbocycles. The molecule has 0 radical (unpaired) electrons. The molecular formula is C10H12N4S2. The molecule has 0 rings (SSSR count). The minimum Gasteiger partial charge on any atom is -0.316 e. The van der Waals surface area contributed by atoms with Gasteiger partial charge in [-0.15, -0.1) is 13.2 Å². The quantitative estimate of drug-likeness (QED) is 0.423. The molecule has 0 aliphatic carbocycles. The van der Waals surface area contributed by atoms with Gasteiger partial charge in [0.2, 0.25) is 0 Å². The smallest absolute Gasteiger partial charge is 0.149 e. The van der Waals surface area contributed by atoms with Gasteiger partial charge in [-0.25, -0.2) is 0 Å². The van der Waals surface area contributed by atoms with E-state index in [0.717, 1.165) is 0 Å². The predicted molar refractivity (Wildman–Crippen MR) is 69.8 cm³/mol. The summed E-state index contributed by atoms with van der Waals surface area (Å²) in [4.78, 5) is 0. The van der Waals surface area contributed by atoms with Crippen molar-refractivity contribution in [3.63, 3.8) is 0 Å². The summed E-state index contributed by atoms with van der Waals surface area (Å²) in [6.07, 6.45) is 3.05. The van der Waals surface area contributed by atoms with Gasteiger partial charge in [-0.3, -0.25) is 0 Å². The normalized spacial score (nSPS) is 12.8. The lowest BCUT2D eigenvalue weighted by molar-refractivity contribution is 1.17. The molecule has 4 nitrogen and oxygen atoms in total. The molecule has 0 saturated heterocycles. The minimum atomic E-state index is -0.379. The fourth-order valence-corrected chi connectivity index (χ4v) is 2.60. The van der Waals surface area contributed by atoms with Gasteiger partial charge < -0.3 is 11.5 Å². The number of nitrogens with zero attached hydrogens (tertiary/aromatic N) is 2. The van der Waals surface area contributed by atoms with Crippen molar-refractivity contribution in [1.82, 2.24) is 0 Å². The zero-order chi connectivity index (χ0) is 12.6. The van der Waals surface area contributed by atoms with Gasteiger partial charge in [-0.1, -0.05) is 35.7 Å². The predicted octanol–water partition coefficient (Wildman–Crippen LogP) is 1.65. The van der Waals surface area contributed by atoms with Crippen molar-refractivity contribution >= 4 is 23.5 Å². The zero-order valence-electron chi connectivity index (χ0n) is 8.59. The number of rotatable bonds is 6. The summed E-state index contributed by atoms with van der Waals surface area (Å²) in [5.41, 5.74) is 11.3. The molecule has 0 amide bonds. The van der Waals surface area contributed by atoms with E-state index in [0.29, 0.717) is 4.24 Å². The first-order chi connectivity index (χ1) is 7.58. The van der Waals surface area contributed by atoms with E-state index >= 15 is 0 Å². The SMILES string of the molecule is C=CC(N)SC(SC(N)C=C)=C(C#N)C#N. The molecule has 0 saturated carbocycles. The van der Waals surface area contributed by atoms with Crippen LogP contribution in [0.1, 0.15) is 0 Å². The monoisotopic (exact) mass is 252 g/mol. The van der Waals surface area contributed by atoms with Gasteiger partial charge in [0.25, 0.3) is 0 Å². The van der Waals surface area contributed by atoms with E-state index in [1.807, 2.05) is 12.1 Å². The van der Waals surface area contributed by atoms with Crippen molar-refractivity contribution in [2.24, 2.45) is 11.5 Å². The van der Waals surface area contributed by atoms with E-state index in [2.05, 4.69) is 13.2 Å². The molecule has 16 heavy (non-hydrogen) atoms. The molecule has 0 aromatic rings. The Labute approximate surface area is 104 Å². The Morgan fingerprint density at radius 1 is 1.06 bits per heavy atom. The van der Waals surface area contributed by atoms with Gasteiger partial charge in [-0.2, -0.15) is 10.5 Å². The largest absolute Gasteiger partial charge is 0.316 e. The van der Waals surface area contributed by atoms with Crippen molar-refractivity contribution in [3.05, 3.63) is 35.1 Å². The first-order valence-electron chi connectivity index (χ1n) is 4.23. The van der Waals surface area contributed by atoms with Gasteiger partial charge in [0.1, 0.15) is 17.7 Å². The maximum atomic E-state index is 8.78. The van der Waals surface area contributed by atoms with Gasteiger partial charge in [0.15, 0.2) is 0 Å². The Kier molecular flexibility index (Phi) is 7.44. The van der Waals surface area contributed by atoms with Crippen molar-refractivity contribution in [1.29, 1.82) is 10.5 Å². The van der Waals surface area contributed by atoms with Crippen molar-refractivity contribution in [3.8, 4) is 12.1 Å². The molecule has 0 aromatic heterocycles. The van der Waals surface area contributed by atoms with Crippen LogP contribution in [0.4, 0.5) is 0 Å². The second-order valence-corrected chi connectivity index (χ2v) is 5.16. The summed E-state index contributed by atoms with van der Waals surface area (Å²) in [5.74, 6) is 0. The first-order valence-corrected chi connectivity index (χ1v) is 5.99. The highest BCUT2D eigenvalue weighted by atomic mass is 32.2. The fraction of sp³-hybridized carbons (Fsp3) is 0.200. The Bertz CT molecular complexity index is 341. The topological polar surface area (TPSA) is 99.6 Å². The fourth-order valence-electron chi connectivity index (χ4n) is 0.605. The molecule has 84 valence electrons. The Hall–Kier alpha value is -1.18. The minimum absolute atomic E-state index is 0.00426. The molecule has 0 heterocycles. The lowest BCUT2D eigenvalue weighted by atomic mass is 10.4. The van der Waals surface area contributed by atoms with E-state index in [1.54, 1.807) is 0 Å². The number of hydrogen-bond acceptors (Lipinski definition) is 6. The molecule has 2 atom stereocenters. The van der Waals surface area contributed by atoms with Crippen molar-refractivity contribution < 1.29 is 0 Å². The second-order valence-electron chi connectivity index (χ2n) is 2.52. The van der Waals surface area contributed by atoms with E-state index in [9.17, 15) is 0 Å². The standard InChI is InChI=1S/C10H12N4S2/c1-3-8(13)15-10(7(5-11)6-12)16-9(14)4-2/h3-4,8-9H,1-2,13-14H2. The number of nitrogens with two attached hydrogens (primary N) is 2. The van der Waals surface area contributed by atoms with Crippen LogP contribution in [0, 0.1) is 22.7 Å². The highest BCUT2D eigenvalue weighted by Gasteiger charge is 2.13. The van der Waals surface area contributed by atoms with Crippen molar-refractivity contribution in [2.45, 2.75) is 10.7 Å². The van der Waals surface area contributed by atoms with E-state index in [1.165, 1.54) is 35.7 Å². The lowest BCUT2D eigenvalue weighted by Gasteiger charge is -2.12. The summed E-state index contributed by atoms with van der Waals surface area (Å²) < 4.78 is 0.491. The number of allylic oxidation sites excluding steroid dienone is 1. The van der Waals surface area contributed by atoms with Crippen LogP contribution in [0.3, 0.4) is 0 Å². The van der Waals surface area contributed by atoms with Crippen LogP contribution in [0.5, 0.6) is 0 Å². The molecule has 4 N–H and O–H groups in total. The van der Waals surface area contributed by atoms with Crippen LogP contribution in [0.25, 0.3) is 0 Å². The third-order valence-electron chi connectivity index (χ3n) is 1.38. The van der Waals surface area contributed by atoms with Crippen LogP contribution in [-0.4, -0.2) is 10.7 Å². The van der Waals surface area contributed by atoms with E-state index in [4.69, 9.17) is 22.0 Å². The molecule has 0 bridgehead atoms. The third-order valence-corrected chi connectivity index (χ3v) is 3.72. The number of hydrogen-bond donors (Lipinski definition) is 2. The van der Waals surface area contributed by atoms with Crippen LogP contribution in [0.15, 0.2) is 35.1 Å². The molecule has 0 aliphatic rings. The lowest BCUT2D eigenvalue weighted by Crippen LogP contribution is -2.14. The van der Waals surface area contributed by atoms with Gasteiger partial charge in [0, 0.05) is 0 Å². The number of nitriles is 2. The van der Waals surface area contributed by atoms with E-state index in [-0.39, 0.29) is 16.3 Å². The molecule has 2 unspecified atom stereocenters. The van der Waals surface area contributed by atoms with Crippen LogP contribution >= 0.6 is 23.5 Å². The first kappa shape index (κ1) is 14.8. The Morgan fingerprint density at radius 2 is 1.44 bits per heavy atom. The molecule has 6 heteroatoms. The maximum absolute atomic E-state index is 8.78. The Balaban J connectivity index is 5.00. The van der Waals surface area contributed by atoms with Gasteiger partial charge in [0.05, 0.1) is 15.0 Å². The third kappa shape index (κ3) is 5.06. The summed E-state index contributed by atoms with van der Waals surface area (Å²) >= 11 is 2.35. The van der Waals surface area contributed by atoms with E-state index < -0.39 is 0 Å². The average Bonchev–Trinajstić information content (AvgIpc) is 2.29. The van der Waals surface area contributed by atoms with Gasteiger partial charge >= 0.3 is 0 Å². The maximum Gasteiger partial charge on any atom is 0.149 e. The second kappa shape index (κ2) is 8.03. The molecule has 0 fully saturated rings. The highest BCUT2D eigenvalue weighted by molar-refractivity contribution is 8.22. The average molecular weight is 252 g/mol. The zero-order valence-corrected chi connectivity index (χ0v) is 10.2.